The molecule has 0 bridgehead atoms. The zero-order valence-corrected chi connectivity index (χ0v) is 16.4. The first-order chi connectivity index (χ1) is 13.9. The summed E-state index contributed by atoms with van der Waals surface area (Å²) >= 11 is 0. The fourth-order valence-corrected chi connectivity index (χ4v) is 2.26. The van der Waals surface area contributed by atoms with E-state index in [1.54, 1.807) is 12.1 Å². The molecule has 0 aliphatic carbocycles. The normalized spacial score (nSPS) is 10.2. The molecular weight excluding hydrogens is 374 g/mol. The molecule has 8 heteroatoms. The fourth-order valence-electron chi connectivity index (χ4n) is 2.26. The lowest BCUT2D eigenvalue weighted by molar-refractivity contribution is -0.150. The molecule has 3 N–H and O–H groups in total. The van der Waals surface area contributed by atoms with Crippen molar-refractivity contribution in [2.75, 3.05) is 25.1 Å². The predicted molar refractivity (Wildman–Crippen MR) is 109 cm³/mol. The van der Waals surface area contributed by atoms with Gasteiger partial charge in [-0.25, -0.2) is 4.79 Å². The molecule has 0 heterocycles. The Balaban J connectivity index is 1.65. The minimum Gasteiger partial charge on any atom is -0.482 e. The van der Waals surface area contributed by atoms with E-state index in [-0.39, 0.29) is 25.1 Å². The monoisotopic (exact) mass is 399 g/mol. The lowest BCUT2D eigenvalue weighted by atomic mass is 10.2. The molecular formula is C21H25N3O5. The van der Waals surface area contributed by atoms with Gasteiger partial charge in [0.15, 0.2) is 13.2 Å². The molecule has 154 valence electrons. The molecule has 8 nitrogen and oxygen atoms in total. The van der Waals surface area contributed by atoms with Crippen LogP contribution in [0.3, 0.4) is 0 Å². The van der Waals surface area contributed by atoms with Gasteiger partial charge < -0.3 is 25.4 Å². The van der Waals surface area contributed by atoms with Crippen LogP contribution in [0.25, 0.3) is 0 Å². The quantitative estimate of drug-likeness (QED) is 0.528. The first kappa shape index (κ1) is 21.7. The van der Waals surface area contributed by atoms with Gasteiger partial charge in [0, 0.05) is 17.4 Å². The van der Waals surface area contributed by atoms with Crippen LogP contribution in [-0.4, -0.2) is 43.6 Å². The van der Waals surface area contributed by atoms with Crippen molar-refractivity contribution >= 4 is 29.2 Å². The number of hydrogen-bond acceptors (Lipinski definition) is 6. The molecule has 2 amide bonds. The molecule has 0 radical (unpaired) electrons. The van der Waals surface area contributed by atoms with Crippen molar-refractivity contribution in [1.29, 1.82) is 0 Å². The van der Waals surface area contributed by atoms with Crippen LogP contribution in [0.2, 0.25) is 0 Å². The summed E-state index contributed by atoms with van der Waals surface area (Å²) in [6.07, 6.45) is 0. The van der Waals surface area contributed by atoms with Gasteiger partial charge in [-0.1, -0.05) is 18.2 Å². The topological polar surface area (TPSA) is 106 Å². The number of amides is 2. The van der Waals surface area contributed by atoms with Gasteiger partial charge in [0.05, 0.1) is 6.54 Å². The highest BCUT2D eigenvalue weighted by molar-refractivity contribution is 5.86. The number of benzene rings is 2. The third kappa shape index (κ3) is 8.79. The van der Waals surface area contributed by atoms with E-state index in [4.69, 9.17) is 9.47 Å². The van der Waals surface area contributed by atoms with Crippen LogP contribution in [0, 0.1) is 0 Å². The molecule has 0 aromatic heterocycles. The minimum absolute atomic E-state index is 0.0161. The third-order valence-electron chi connectivity index (χ3n) is 3.53. The van der Waals surface area contributed by atoms with Crippen molar-refractivity contribution < 1.29 is 23.9 Å². The SMILES string of the molecule is CC(C)NC(=O)CNC(=O)COC(=O)COc1ccc(Nc2ccccc2)cc1. The van der Waals surface area contributed by atoms with Crippen molar-refractivity contribution in [1.82, 2.24) is 10.6 Å². The van der Waals surface area contributed by atoms with Crippen molar-refractivity contribution in [2.24, 2.45) is 0 Å². The summed E-state index contributed by atoms with van der Waals surface area (Å²) in [5, 5.41) is 8.24. The van der Waals surface area contributed by atoms with Gasteiger partial charge in [-0.3, -0.25) is 9.59 Å². The molecule has 0 unspecified atom stereocenters. The van der Waals surface area contributed by atoms with E-state index >= 15 is 0 Å². The molecule has 0 aliphatic rings. The average molecular weight is 399 g/mol. The van der Waals surface area contributed by atoms with Crippen LogP contribution < -0.4 is 20.7 Å². The van der Waals surface area contributed by atoms with Gasteiger partial charge in [-0.2, -0.15) is 0 Å². The number of esters is 1. The third-order valence-corrected chi connectivity index (χ3v) is 3.53. The second-order valence-corrected chi connectivity index (χ2v) is 6.46. The number of carbonyl (C=O) groups excluding carboxylic acids is 3. The number of ether oxygens (including phenoxy) is 2. The second kappa shape index (κ2) is 11.3. The zero-order chi connectivity index (χ0) is 21.1. The van der Waals surface area contributed by atoms with Gasteiger partial charge >= 0.3 is 5.97 Å². The predicted octanol–water partition coefficient (Wildman–Crippen LogP) is 1.99. The molecule has 0 saturated carbocycles. The highest BCUT2D eigenvalue weighted by Gasteiger charge is 2.10. The summed E-state index contributed by atoms with van der Waals surface area (Å²) in [6, 6.07) is 16.8. The Kier molecular flexibility index (Phi) is 8.50. The first-order valence-electron chi connectivity index (χ1n) is 9.19. The summed E-state index contributed by atoms with van der Waals surface area (Å²) in [4.78, 5) is 34.7. The maximum Gasteiger partial charge on any atom is 0.344 e. The van der Waals surface area contributed by atoms with Gasteiger partial charge in [-0.05, 0) is 50.2 Å². The first-order valence-corrected chi connectivity index (χ1v) is 9.19. The Morgan fingerprint density at radius 1 is 0.862 bits per heavy atom. The number of hydrogen-bond donors (Lipinski definition) is 3. The molecule has 29 heavy (non-hydrogen) atoms. The number of para-hydroxylation sites is 1. The summed E-state index contributed by atoms with van der Waals surface area (Å²) in [6.45, 7) is 2.65. The van der Waals surface area contributed by atoms with Crippen LogP contribution >= 0.6 is 0 Å². The summed E-state index contributed by atoms with van der Waals surface area (Å²) < 4.78 is 10.2. The average Bonchev–Trinajstić information content (AvgIpc) is 2.70. The van der Waals surface area contributed by atoms with Crippen molar-refractivity contribution in [2.45, 2.75) is 19.9 Å². The van der Waals surface area contributed by atoms with Crippen LogP contribution in [0.1, 0.15) is 13.8 Å². The maximum atomic E-state index is 11.7. The standard InChI is InChI=1S/C21H25N3O5/c1-15(2)23-19(25)12-22-20(26)13-29-21(27)14-28-18-10-8-17(9-11-18)24-16-6-4-3-5-7-16/h3-11,15,24H,12-14H2,1-2H3,(H,22,26)(H,23,25). The lowest BCUT2D eigenvalue weighted by Crippen LogP contribution is -2.41. The largest absolute Gasteiger partial charge is 0.482 e. The number of anilines is 2. The Morgan fingerprint density at radius 3 is 2.17 bits per heavy atom. The van der Waals surface area contributed by atoms with Gasteiger partial charge in [0.2, 0.25) is 5.91 Å². The lowest BCUT2D eigenvalue weighted by Gasteiger charge is -2.10. The fraction of sp³-hybridized carbons (Fsp3) is 0.286. The van der Waals surface area contributed by atoms with Gasteiger partial charge in [0.1, 0.15) is 5.75 Å². The molecule has 0 aliphatic heterocycles. The zero-order valence-electron chi connectivity index (χ0n) is 16.4. The van der Waals surface area contributed by atoms with E-state index in [1.807, 2.05) is 56.3 Å². The van der Waals surface area contributed by atoms with Crippen LogP contribution in [0.5, 0.6) is 5.75 Å². The molecule has 0 saturated heterocycles. The van der Waals surface area contributed by atoms with E-state index in [0.29, 0.717) is 5.75 Å². The van der Waals surface area contributed by atoms with E-state index in [2.05, 4.69) is 16.0 Å². The molecule has 0 atom stereocenters. The Bertz CT molecular complexity index is 807. The van der Waals surface area contributed by atoms with Gasteiger partial charge in [-0.15, -0.1) is 0 Å². The summed E-state index contributed by atoms with van der Waals surface area (Å²) in [5.41, 5.74) is 1.84. The Hall–Kier alpha value is -3.55. The highest BCUT2D eigenvalue weighted by atomic mass is 16.6. The Morgan fingerprint density at radius 2 is 1.52 bits per heavy atom. The van der Waals surface area contributed by atoms with E-state index in [1.165, 1.54) is 0 Å². The minimum atomic E-state index is -0.682. The van der Waals surface area contributed by atoms with Crippen molar-refractivity contribution in [3.8, 4) is 5.75 Å². The number of nitrogens with one attached hydrogen (secondary N) is 3. The van der Waals surface area contributed by atoms with Crippen LogP contribution in [0.15, 0.2) is 54.6 Å². The van der Waals surface area contributed by atoms with Crippen molar-refractivity contribution in [3.05, 3.63) is 54.6 Å². The molecule has 2 aromatic rings. The molecule has 2 aromatic carbocycles. The smallest absolute Gasteiger partial charge is 0.344 e. The highest BCUT2D eigenvalue weighted by Crippen LogP contribution is 2.19. The Labute approximate surface area is 169 Å². The van der Waals surface area contributed by atoms with Crippen molar-refractivity contribution in [3.63, 3.8) is 0 Å². The second-order valence-electron chi connectivity index (χ2n) is 6.46. The summed E-state index contributed by atoms with van der Waals surface area (Å²) in [5.74, 6) is -1.06. The molecule has 0 spiro atoms. The molecule has 2 rings (SSSR count). The van der Waals surface area contributed by atoms with E-state index in [0.717, 1.165) is 11.4 Å². The van der Waals surface area contributed by atoms with Crippen LogP contribution in [0.4, 0.5) is 11.4 Å². The summed E-state index contributed by atoms with van der Waals surface area (Å²) in [7, 11) is 0. The van der Waals surface area contributed by atoms with E-state index in [9.17, 15) is 14.4 Å². The number of rotatable bonds is 10. The maximum absolute atomic E-state index is 11.7. The van der Waals surface area contributed by atoms with Crippen LogP contribution in [-0.2, 0) is 19.1 Å². The number of carbonyl (C=O) groups is 3. The van der Waals surface area contributed by atoms with Gasteiger partial charge in [0.25, 0.3) is 5.91 Å². The molecule has 0 fully saturated rings. The van der Waals surface area contributed by atoms with E-state index < -0.39 is 18.5 Å².